The number of amides is 1. The number of aliphatic imine (C=N–C) groups is 1. The Morgan fingerprint density at radius 1 is 1.36 bits per heavy atom. The second-order valence-electron chi connectivity index (χ2n) is 6.15. The number of rotatable bonds is 7. The molecule has 1 heterocycles. The summed E-state index contributed by atoms with van der Waals surface area (Å²) in [5.74, 6) is 1.94. The van der Waals surface area contributed by atoms with E-state index < -0.39 is 0 Å². The van der Waals surface area contributed by atoms with E-state index in [-0.39, 0.29) is 11.9 Å². The van der Waals surface area contributed by atoms with Gasteiger partial charge in [0.2, 0.25) is 5.91 Å². The molecule has 6 heteroatoms. The Bertz CT molecular complexity index is 589. The summed E-state index contributed by atoms with van der Waals surface area (Å²) in [4.78, 5) is 18.4. The fourth-order valence-electron chi connectivity index (χ4n) is 3.04. The van der Waals surface area contributed by atoms with E-state index >= 15 is 0 Å². The molecule has 1 unspecified atom stereocenters. The Morgan fingerprint density at radius 2 is 2.16 bits per heavy atom. The van der Waals surface area contributed by atoms with Crippen LogP contribution in [-0.2, 0) is 11.2 Å². The molecule has 1 aliphatic rings. The van der Waals surface area contributed by atoms with Crippen molar-refractivity contribution >= 4 is 11.9 Å². The number of ether oxygens (including phenoxy) is 1. The standard InChI is InChI=1S/C19H30N4O2/c1-4-18(24)23-13-11-16(14-23)22-19(20-5-2)21-12-10-15-8-6-7-9-17(15)25-3/h6-9,16H,4-5,10-14H2,1-3H3,(H2,20,21,22). The normalized spacial score (nSPS) is 17.5. The number of para-hydroxylation sites is 1. The highest BCUT2D eigenvalue weighted by Crippen LogP contribution is 2.17. The predicted octanol–water partition coefficient (Wildman–Crippen LogP) is 1.80. The molecular formula is C19H30N4O2. The number of nitrogens with zero attached hydrogens (tertiary/aromatic N) is 2. The molecule has 0 aromatic heterocycles. The molecule has 1 saturated heterocycles. The van der Waals surface area contributed by atoms with Crippen LogP contribution in [0, 0.1) is 0 Å². The van der Waals surface area contributed by atoms with E-state index in [1.807, 2.05) is 30.0 Å². The van der Waals surface area contributed by atoms with Crippen LogP contribution < -0.4 is 15.4 Å². The zero-order valence-corrected chi connectivity index (χ0v) is 15.5. The number of likely N-dealkylation sites (tertiary alicyclic amines) is 1. The second kappa shape index (κ2) is 9.91. The summed E-state index contributed by atoms with van der Waals surface area (Å²) in [5, 5.41) is 6.74. The van der Waals surface area contributed by atoms with Crippen LogP contribution in [0.2, 0.25) is 0 Å². The minimum absolute atomic E-state index is 0.224. The Kier molecular flexibility index (Phi) is 7.57. The summed E-state index contributed by atoms with van der Waals surface area (Å²) in [5.41, 5.74) is 1.16. The zero-order chi connectivity index (χ0) is 18.1. The smallest absolute Gasteiger partial charge is 0.222 e. The quantitative estimate of drug-likeness (QED) is 0.584. The fourth-order valence-corrected chi connectivity index (χ4v) is 3.04. The fraction of sp³-hybridized carbons (Fsp3) is 0.579. The van der Waals surface area contributed by atoms with Crippen LogP contribution in [0.4, 0.5) is 0 Å². The molecular weight excluding hydrogens is 316 g/mol. The maximum absolute atomic E-state index is 11.8. The molecule has 0 radical (unpaired) electrons. The van der Waals surface area contributed by atoms with E-state index in [1.165, 1.54) is 0 Å². The van der Waals surface area contributed by atoms with Gasteiger partial charge < -0.3 is 20.3 Å². The molecule has 2 rings (SSSR count). The lowest BCUT2D eigenvalue weighted by Crippen LogP contribution is -2.45. The van der Waals surface area contributed by atoms with Crippen LogP contribution in [0.25, 0.3) is 0 Å². The monoisotopic (exact) mass is 346 g/mol. The molecule has 0 bridgehead atoms. The highest BCUT2D eigenvalue weighted by molar-refractivity contribution is 5.80. The number of benzene rings is 1. The van der Waals surface area contributed by atoms with Gasteiger partial charge in [-0.15, -0.1) is 0 Å². The van der Waals surface area contributed by atoms with Crippen LogP contribution in [-0.4, -0.2) is 56.1 Å². The molecule has 1 fully saturated rings. The SMILES string of the molecule is CCNC(=NCCc1ccccc1OC)NC1CCN(C(=O)CC)C1. The minimum atomic E-state index is 0.224. The molecule has 138 valence electrons. The number of hydrogen-bond donors (Lipinski definition) is 2. The average molecular weight is 346 g/mol. The number of guanidine groups is 1. The van der Waals surface area contributed by atoms with Crippen molar-refractivity contribution in [3.63, 3.8) is 0 Å². The van der Waals surface area contributed by atoms with E-state index in [2.05, 4.69) is 28.6 Å². The van der Waals surface area contributed by atoms with Crippen molar-refractivity contribution in [2.24, 2.45) is 4.99 Å². The maximum atomic E-state index is 11.8. The second-order valence-corrected chi connectivity index (χ2v) is 6.15. The minimum Gasteiger partial charge on any atom is -0.496 e. The van der Waals surface area contributed by atoms with Crippen molar-refractivity contribution in [3.05, 3.63) is 29.8 Å². The number of nitrogens with one attached hydrogen (secondary N) is 2. The van der Waals surface area contributed by atoms with Gasteiger partial charge in [0.1, 0.15) is 5.75 Å². The molecule has 2 N–H and O–H groups in total. The Balaban J connectivity index is 1.89. The number of hydrogen-bond acceptors (Lipinski definition) is 3. The number of carbonyl (C=O) groups is 1. The van der Waals surface area contributed by atoms with Gasteiger partial charge in [-0.25, -0.2) is 0 Å². The Labute approximate surface area is 150 Å². The molecule has 1 aliphatic heterocycles. The van der Waals surface area contributed by atoms with Crippen LogP contribution in [0.5, 0.6) is 5.75 Å². The first-order chi connectivity index (χ1) is 12.2. The third-order valence-electron chi connectivity index (χ3n) is 4.37. The van der Waals surface area contributed by atoms with Crippen molar-refractivity contribution in [3.8, 4) is 5.75 Å². The Hall–Kier alpha value is -2.24. The molecule has 1 amide bonds. The first-order valence-electron chi connectivity index (χ1n) is 9.12. The van der Waals surface area contributed by atoms with Gasteiger partial charge in [-0.2, -0.15) is 0 Å². The molecule has 0 spiro atoms. The topological polar surface area (TPSA) is 66.0 Å². The van der Waals surface area contributed by atoms with Crippen LogP contribution >= 0.6 is 0 Å². The van der Waals surface area contributed by atoms with E-state index in [0.29, 0.717) is 13.0 Å². The van der Waals surface area contributed by atoms with Gasteiger partial charge in [-0.3, -0.25) is 9.79 Å². The van der Waals surface area contributed by atoms with Gasteiger partial charge in [0.15, 0.2) is 5.96 Å². The van der Waals surface area contributed by atoms with Gasteiger partial charge in [0.05, 0.1) is 7.11 Å². The number of methoxy groups -OCH3 is 1. The molecule has 1 aromatic rings. The molecule has 0 aliphatic carbocycles. The highest BCUT2D eigenvalue weighted by atomic mass is 16.5. The first-order valence-corrected chi connectivity index (χ1v) is 9.12. The van der Waals surface area contributed by atoms with E-state index in [4.69, 9.17) is 4.74 Å². The van der Waals surface area contributed by atoms with Crippen LogP contribution in [0.15, 0.2) is 29.3 Å². The molecule has 25 heavy (non-hydrogen) atoms. The lowest BCUT2D eigenvalue weighted by atomic mass is 10.1. The summed E-state index contributed by atoms with van der Waals surface area (Å²) in [6.07, 6.45) is 2.36. The summed E-state index contributed by atoms with van der Waals surface area (Å²) < 4.78 is 5.39. The van der Waals surface area contributed by atoms with Crippen molar-refractivity contribution in [2.75, 3.05) is 33.3 Å². The largest absolute Gasteiger partial charge is 0.496 e. The van der Waals surface area contributed by atoms with Crippen molar-refractivity contribution in [2.45, 2.75) is 39.2 Å². The molecule has 1 atom stereocenters. The summed E-state index contributed by atoms with van der Waals surface area (Å²) in [6, 6.07) is 8.30. The third-order valence-corrected chi connectivity index (χ3v) is 4.37. The molecule has 1 aromatic carbocycles. The van der Waals surface area contributed by atoms with Gasteiger partial charge in [0, 0.05) is 38.6 Å². The van der Waals surface area contributed by atoms with Crippen LogP contribution in [0.3, 0.4) is 0 Å². The maximum Gasteiger partial charge on any atom is 0.222 e. The van der Waals surface area contributed by atoms with Crippen molar-refractivity contribution in [1.29, 1.82) is 0 Å². The lowest BCUT2D eigenvalue weighted by molar-refractivity contribution is -0.129. The summed E-state index contributed by atoms with van der Waals surface area (Å²) in [7, 11) is 1.69. The Morgan fingerprint density at radius 3 is 2.88 bits per heavy atom. The predicted molar refractivity (Wildman–Crippen MR) is 101 cm³/mol. The zero-order valence-electron chi connectivity index (χ0n) is 15.5. The lowest BCUT2D eigenvalue weighted by Gasteiger charge is -2.18. The van der Waals surface area contributed by atoms with Crippen molar-refractivity contribution < 1.29 is 9.53 Å². The van der Waals surface area contributed by atoms with E-state index in [1.54, 1.807) is 7.11 Å². The van der Waals surface area contributed by atoms with E-state index in [0.717, 1.165) is 49.7 Å². The van der Waals surface area contributed by atoms with Gasteiger partial charge in [-0.05, 0) is 31.4 Å². The molecule has 0 saturated carbocycles. The number of carbonyl (C=O) groups excluding carboxylic acids is 1. The molecule has 6 nitrogen and oxygen atoms in total. The highest BCUT2D eigenvalue weighted by Gasteiger charge is 2.25. The van der Waals surface area contributed by atoms with Crippen LogP contribution in [0.1, 0.15) is 32.3 Å². The average Bonchev–Trinajstić information content (AvgIpc) is 3.10. The van der Waals surface area contributed by atoms with Gasteiger partial charge in [-0.1, -0.05) is 25.1 Å². The first kappa shape index (κ1) is 19.1. The third kappa shape index (κ3) is 5.66. The van der Waals surface area contributed by atoms with E-state index in [9.17, 15) is 4.79 Å². The summed E-state index contributed by atoms with van der Waals surface area (Å²) in [6.45, 7) is 7.03. The van der Waals surface area contributed by atoms with Gasteiger partial charge in [0.25, 0.3) is 0 Å². The van der Waals surface area contributed by atoms with Crippen molar-refractivity contribution in [1.82, 2.24) is 15.5 Å². The summed E-state index contributed by atoms with van der Waals surface area (Å²) >= 11 is 0. The van der Waals surface area contributed by atoms with Gasteiger partial charge >= 0.3 is 0 Å².